The van der Waals surface area contributed by atoms with Gasteiger partial charge >= 0.3 is 5.97 Å². The Hall–Kier alpha value is -1.37. The highest BCUT2D eigenvalue weighted by molar-refractivity contribution is 9.10. The Morgan fingerprint density at radius 1 is 1.60 bits per heavy atom. The van der Waals surface area contributed by atoms with E-state index in [0.29, 0.717) is 0 Å². The lowest BCUT2D eigenvalue weighted by molar-refractivity contribution is 0.0661. The van der Waals surface area contributed by atoms with E-state index >= 15 is 0 Å². The van der Waals surface area contributed by atoms with Gasteiger partial charge in [0.25, 0.3) is 0 Å². The van der Waals surface area contributed by atoms with Gasteiger partial charge in [-0.3, -0.25) is 0 Å². The molecule has 0 unspecified atom stereocenters. The van der Waals surface area contributed by atoms with Gasteiger partial charge in [-0.15, -0.1) is 0 Å². The number of hydrogen-bond donors (Lipinski definition) is 1. The number of sulfonamides is 1. The fourth-order valence-electron chi connectivity index (χ4n) is 1.58. The van der Waals surface area contributed by atoms with E-state index in [2.05, 4.69) is 15.9 Å². The van der Waals surface area contributed by atoms with Gasteiger partial charge in [-0.1, -0.05) is 0 Å². The molecule has 0 amide bonds. The van der Waals surface area contributed by atoms with E-state index < -0.39 is 21.8 Å². The van der Waals surface area contributed by atoms with Crippen molar-refractivity contribution < 1.29 is 22.7 Å². The van der Waals surface area contributed by atoms with Gasteiger partial charge in [0.1, 0.15) is 4.90 Å². The zero-order chi connectivity index (χ0) is 15.5. The lowest BCUT2D eigenvalue weighted by Crippen LogP contribution is -2.37. The molecule has 110 valence electrons. The predicted molar refractivity (Wildman–Crippen MR) is 72.6 cm³/mol. The quantitative estimate of drug-likeness (QED) is 0.826. The van der Waals surface area contributed by atoms with Crippen molar-refractivity contribution in [3.63, 3.8) is 0 Å². The van der Waals surface area contributed by atoms with Crippen molar-refractivity contribution in [2.24, 2.45) is 0 Å². The molecule has 0 aliphatic carbocycles. The van der Waals surface area contributed by atoms with Crippen molar-refractivity contribution in [2.45, 2.75) is 31.2 Å². The number of nitriles is 1. The highest BCUT2D eigenvalue weighted by Gasteiger charge is 2.32. The summed E-state index contributed by atoms with van der Waals surface area (Å²) in [6.45, 7) is 3.36. The van der Waals surface area contributed by atoms with Gasteiger partial charge in [0.05, 0.1) is 6.07 Å². The van der Waals surface area contributed by atoms with Gasteiger partial charge in [-0.2, -0.15) is 9.57 Å². The summed E-state index contributed by atoms with van der Waals surface area (Å²) in [6.07, 6.45) is 0.0403. The molecule has 0 fully saturated rings. The smallest absolute Gasteiger partial charge is 0.371 e. The number of furan rings is 1. The number of halogens is 1. The van der Waals surface area contributed by atoms with E-state index in [4.69, 9.17) is 14.8 Å². The van der Waals surface area contributed by atoms with Crippen molar-refractivity contribution >= 4 is 31.9 Å². The third-order valence-corrected chi connectivity index (χ3v) is 5.41. The summed E-state index contributed by atoms with van der Waals surface area (Å²) < 4.78 is 30.7. The number of carboxylic acid groups (broad SMARTS) is 1. The highest BCUT2D eigenvalue weighted by atomic mass is 79.9. The maximum Gasteiger partial charge on any atom is 0.371 e. The van der Waals surface area contributed by atoms with Crippen LogP contribution in [0.5, 0.6) is 0 Å². The molecule has 0 aromatic carbocycles. The van der Waals surface area contributed by atoms with Gasteiger partial charge in [0.15, 0.2) is 4.67 Å². The summed E-state index contributed by atoms with van der Waals surface area (Å²) in [5.74, 6) is -1.83. The Bertz CT molecular complexity index is 644. The molecule has 0 aliphatic rings. The molecule has 0 aliphatic heterocycles. The van der Waals surface area contributed by atoms with Crippen molar-refractivity contribution in [1.82, 2.24) is 4.31 Å². The third kappa shape index (κ3) is 3.39. The monoisotopic (exact) mass is 364 g/mol. The van der Waals surface area contributed by atoms with Crippen molar-refractivity contribution in [3.05, 3.63) is 16.5 Å². The first-order valence-electron chi connectivity index (χ1n) is 5.63. The summed E-state index contributed by atoms with van der Waals surface area (Å²) in [6, 6.07) is 2.46. The van der Waals surface area contributed by atoms with Crippen LogP contribution in [0.25, 0.3) is 0 Å². The summed E-state index contributed by atoms with van der Waals surface area (Å²) in [5.41, 5.74) is 0. The number of hydrogen-bond acceptors (Lipinski definition) is 5. The lowest BCUT2D eigenvalue weighted by atomic mass is 10.3. The molecule has 1 rings (SSSR count). The van der Waals surface area contributed by atoms with Crippen LogP contribution >= 0.6 is 15.9 Å². The molecule has 1 N–H and O–H groups in total. The van der Waals surface area contributed by atoms with Crippen LogP contribution in [0.3, 0.4) is 0 Å². The molecule has 9 heteroatoms. The van der Waals surface area contributed by atoms with Gasteiger partial charge in [0.2, 0.25) is 15.8 Å². The number of aromatic carboxylic acids is 1. The van der Waals surface area contributed by atoms with E-state index in [1.165, 1.54) is 0 Å². The minimum absolute atomic E-state index is 0.0243. The zero-order valence-electron chi connectivity index (χ0n) is 10.8. The molecule has 0 atom stereocenters. The van der Waals surface area contributed by atoms with Crippen LogP contribution in [0.1, 0.15) is 30.8 Å². The Morgan fingerprint density at radius 2 is 2.20 bits per heavy atom. The van der Waals surface area contributed by atoms with Crippen LogP contribution in [0.15, 0.2) is 20.0 Å². The fraction of sp³-hybridized carbons (Fsp3) is 0.455. The number of rotatable bonds is 6. The summed E-state index contributed by atoms with van der Waals surface area (Å²) in [7, 11) is -3.94. The minimum Gasteiger partial charge on any atom is -0.475 e. The van der Waals surface area contributed by atoms with Crippen molar-refractivity contribution in [1.29, 1.82) is 5.26 Å². The maximum absolute atomic E-state index is 12.5. The molecular weight excluding hydrogens is 352 g/mol. The van der Waals surface area contributed by atoms with E-state index in [-0.39, 0.29) is 28.6 Å². The molecule has 0 bridgehead atoms. The molecule has 1 aromatic rings. The average Bonchev–Trinajstić information content (AvgIpc) is 2.72. The van der Waals surface area contributed by atoms with Crippen LogP contribution in [0, 0.1) is 11.3 Å². The van der Waals surface area contributed by atoms with E-state index in [0.717, 1.165) is 10.4 Å². The molecule has 0 saturated heterocycles. The molecular formula is C11H13BrN2O5S. The normalized spacial score (nSPS) is 11.8. The second kappa shape index (κ2) is 6.39. The molecule has 1 aromatic heterocycles. The third-order valence-electron chi connectivity index (χ3n) is 2.47. The predicted octanol–water partition coefficient (Wildman–Crippen LogP) is 2.05. The molecule has 1 heterocycles. The van der Waals surface area contributed by atoms with Gasteiger partial charge in [-0.25, -0.2) is 13.2 Å². The second-order valence-electron chi connectivity index (χ2n) is 4.17. The largest absolute Gasteiger partial charge is 0.475 e. The number of nitrogens with zero attached hydrogens (tertiary/aromatic N) is 2. The Kier molecular flexibility index (Phi) is 5.33. The zero-order valence-corrected chi connectivity index (χ0v) is 13.2. The molecule has 20 heavy (non-hydrogen) atoms. The Balaban J connectivity index is 3.26. The van der Waals surface area contributed by atoms with Crippen LogP contribution in [-0.4, -0.2) is 36.4 Å². The molecule has 0 radical (unpaired) electrons. The lowest BCUT2D eigenvalue weighted by Gasteiger charge is -2.24. The van der Waals surface area contributed by atoms with E-state index in [9.17, 15) is 13.2 Å². The summed E-state index contributed by atoms with van der Waals surface area (Å²) in [4.78, 5) is 10.5. The SMILES string of the molecule is CC(C)N(CCC#N)S(=O)(=O)c1cc(C(=O)O)oc1Br. The van der Waals surface area contributed by atoms with Gasteiger partial charge in [-0.05, 0) is 29.8 Å². The van der Waals surface area contributed by atoms with E-state index in [1.807, 2.05) is 6.07 Å². The standard InChI is InChI=1S/C11H13BrN2O5S/c1-7(2)14(5-3-4-13)20(17,18)9-6-8(11(15)16)19-10(9)12/h6-7H,3,5H2,1-2H3,(H,15,16). The van der Waals surface area contributed by atoms with Gasteiger partial charge < -0.3 is 9.52 Å². The second-order valence-corrected chi connectivity index (χ2v) is 6.75. The summed E-state index contributed by atoms with van der Waals surface area (Å²) >= 11 is 2.91. The Labute approximate surface area is 125 Å². The van der Waals surface area contributed by atoms with Crippen molar-refractivity contribution in [2.75, 3.05) is 6.54 Å². The molecule has 0 saturated carbocycles. The Morgan fingerprint density at radius 3 is 2.60 bits per heavy atom. The van der Waals surface area contributed by atoms with Crippen LogP contribution in [0.4, 0.5) is 0 Å². The topological polar surface area (TPSA) is 112 Å². The van der Waals surface area contributed by atoms with Gasteiger partial charge in [0, 0.05) is 25.1 Å². The number of carbonyl (C=O) groups is 1. The van der Waals surface area contributed by atoms with Crippen LogP contribution < -0.4 is 0 Å². The first-order chi connectivity index (χ1) is 9.21. The highest BCUT2D eigenvalue weighted by Crippen LogP contribution is 2.29. The van der Waals surface area contributed by atoms with Crippen molar-refractivity contribution in [3.8, 4) is 6.07 Å². The van der Waals surface area contributed by atoms with E-state index in [1.54, 1.807) is 13.8 Å². The average molecular weight is 365 g/mol. The molecule has 7 nitrogen and oxygen atoms in total. The first-order valence-corrected chi connectivity index (χ1v) is 7.86. The number of carboxylic acids is 1. The van der Waals surface area contributed by atoms with Crippen LogP contribution in [-0.2, 0) is 10.0 Å². The minimum atomic E-state index is -3.94. The first kappa shape index (κ1) is 16.7. The molecule has 0 spiro atoms. The summed E-state index contributed by atoms with van der Waals surface area (Å²) in [5, 5.41) is 17.4. The maximum atomic E-state index is 12.5. The van der Waals surface area contributed by atoms with Crippen LogP contribution in [0.2, 0.25) is 0 Å². The fourth-order valence-corrected chi connectivity index (χ4v) is 4.12.